The van der Waals surface area contributed by atoms with Crippen LogP contribution in [0.2, 0.25) is 0 Å². The Hall–Kier alpha value is -3.94. The van der Waals surface area contributed by atoms with Gasteiger partial charge in [-0.05, 0) is 23.3 Å². The van der Waals surface area contributed by atoms with E-state index < -0.39 is 11.7 Å². The summed E-state index contributed by atoms with van der Waals surface area (Å²) in [6.07, 6.45) is -3.70. The number of rotatable bonds is 7. The van der Waals surface area contributed by atoms with Crippen molar-refractivity contribution < 1.29 is 22.6 Å². The molecule has 0 N–H and O–H groups in total. The quantitative estimate of drug-likeness (QED) is 0.370. The molecule has 0 bridgehead atoms. The number of benzene rings is 2. The third-order valence-corrected chi connectivity index (χ3v) is 4.54. The van der Waals surface area contributed by atoms with Crippen LogP contribution in [0.15, 0.2) is 85.1 Å². The van der Waals surface area contributed by atoms with Crippen LogP contribution in [0, 0.1) is 0 Å². The zero-order chi connectivity index (χ0) is 22.4. The molecule has 0 spiro atoms. The second-order valence-electron chi connectivity index (χ2n) is 6.88. The molecule has 4 aromatic rings. The van der Waals surface area contributed by atoms with Gasteiger partial charge in [0, 0.05) is 12.3 Å². The second-order valence-corrected chi connectivity index (χ2v) is 6.88. The van der Waals surface area contributed by atoms with Crippen LogP contribution in [-0.4, -0.2) is 15.2 Å². The molecule has 32 heavy (non-hydrogen) atoms. The Bertz CT molecular complexity index is 1150. The summed E-state index contributed by atoms with van der Waals surface area (Å²) in [5.74, 6) is 0.497. The van der Waals surface area contributed by atoms with Crippen molar-refractivity contribution in [1.82, 2.24) is 15.2 Å². The van der Waals surface area contributed by atoms with Crippen LogP contribution in [0.25, 0.3) is 11.4 Å². The first-order valence-corrected chi connectivity index (χ1v) is 9.74. The molecule has 0 saturated carbocycles. The van der Waals surface area contributed by atoms with Crippen molar-refractivity contribution in [3.8, 4) is 23.0 Å². The first-order valence-electron chi connectivity index (χ1n) is 9.74. The van der Waals surface area contributed by atoms with Crippen LogP contribution in [0.4, 0.5) is 13.2 Å². The van der Waals surface area contributed by atoms with Gasteiger partial charge in [0.15, 0.2) is 5.75 Å². The van der Waals surface area contributed by atoms with Crippen LogP contribution in [-0.2, 0) is 19.4 Å². The first kappa shape index (κ1) is 21.3. The number of ether oxygens (including phenoxy) is 2. The van der Waals surface area contributed by atoms with Crippen molar-refractivity contribution in [2.75, 3.05) is 0 Å². The number of hydrogen-bond donors (Lipinski definition) is 0. The lowest BCUT2D eigenvalue weighted by molar-refractivity contribution is -0.137. The van der Waals surface area contributed by atoms with Gasteiger partial charge in [-0.15, -0.1) is 10.2 Å². The van der Waals surface area contributed by atoms with E-state index in [0.29, 0.717) is 5.75 Å². The van der Waals surface area contributed by atoms with Crippen LogP contribution in [0.1, 0.15) is 16.7 Å². The zero-order valence-corrected chi connectivity index (χ0v) is 16.8. The summed E-state index contributed by atoms with van der Waals surface area (Å²) >= 11 is 0. The minimum Gasteiger partial charge on any atom is -0.483 e. The predicted octanol–water partition coefficient (Wildman–Crippen LogP) is 5.72. The van der Waals surface area contributed by atoms with Crippen molar-refractivity contribution in [2.24, 2.45) is 0 Å². The Labute approximate surface area is 182 Å². The highest BCUT2D eigenvalue weighted by molar-refractivity contribution is 5.57. The summed E-state index contributed by atoms with van der Waals surface area (Å²) in [5.41, 5.74) is 1.56. The topological polar surface area (TPSA) is 57.1 Å². The molecule has 5 nitrogen and oxygen atoms in total. The summed E-state index contributed by atoms with van der Waals surface area (Å²) in [6.45, 7) is 0.517. The average Bonchev–Trinajstić information content (AvgIpc) is 2.82. The molecule has 0 amide bonds. The fourth-order valence-corrected chi connectivity index (χ4v) is 2.87. The molecule has 2 aromatic heterocycles. The molecule has 0 atom stereocenters. The maximum Gasteiger partial charge on any atom is 0.417 e. The zero-order valence-electron chi connectivity index (χ0n) is 16.8. The largest absolute Gasteiger partial charge is 0.483 e. The fraction of sp³-hybridized carbons (Fsp3) is 0.125. The highest BCUT2D eigenvalue weighted by atomic mass is 19.4. The number of aromatic nitrogens is 3. The minimum absolute atomic E-state index is 0.181. The maximum atomic E-state index is 12.8. The summed E-state index contributed by atoms with van der Waals surface area (Å²) in [4.78, 5) is 3.88. The maximum absolute atomic E-state index is 12.8. The fourth-order valence-electron chi connectivity index (χ4n) is 2.87. The lowest BCUT2D eigenvalue weighted by Gasteiger charge is -2.13. The van der Waals surface area contributed by atoms with Gasteiger partial charge in [-0.1, -0.05) is 60.7 Å². The van der Waals surface area contributed by atoms with E-state index in [0.717, 1.165) is 23.4 Å². The Morgan fingerprint density at radius 3 is 1.88 bits per heavy atom. The van der Waals surface area contributed by atoms with Crippen molar-refractivity contribution in [1.29, 1.82) is 0 Å². The molecule has 0 aliphatic carbocycles. The molecular weight excluding hydrogens is 419 g/mol. The molecule has 162 valence electrons. The minimum atomic E-state index is -4.46. The van der Waals surface area contributed by atoms with E-state index in [1.165, 1.54) is 6.07 Å². The standard InChI is InChI=1S/C24H18F3N3O2/c25-24(26,27)19-11-12-20(28-14-19)21-13-22(31-15-17-7-3-1-4-8-17)23(30-29-21)32-16-18-9-5-2-6-10-18/h1-14H,15-16H2. The van der Waals surface area contributed by atoms with Crippen molar-refractivity contribution in [2.45, 2.75) is 19.4 Å². The predicted molar refractivity (Wildman–Crippen MR) is 112 cm³/mol. The average molecular weight is 437 g/mol. The molecule has 0 aliphatic rings. The van der Waals surface area contributed by atoms with Crippen molar-refractivity contribution in [3.63, 3.8) is 0 Å². The van der Waals surface area contributed by atoms with E-state index >= 15 is 0 Å². The van der Waals surface area contributed by atoms with E-state index in [1.54, 1.807) is 6.07 Å². The van der Waals surface area contributed by atoms with E-state index in [2.05, 4.69) is 15.2 Å². The summed E-state index contributed by atoms with van der Waals surface area (Å²) in [5, 5.41) is 8.16. The van der Waals surface area contributed by atoms with E-state index in [1.807, 2.05) is 60.7 Å². The van der Waals surface area contributed by atoms with E-state index in [-0.39, 0.29) is 30.5 Å². The van der Waals surface area contributed by atoms with Crippen LogP contribution in [0.3, 0.4) is 0 Å². The van der Waals surface area contributed by atoms with Gasteiger partial charge in [0.2, 0.25) is 0 Å². The van der Waals surface area contributed by atoms with Crippen molar-refractivity contribution in [3.05, 3.63) is 102 Å². The molecule has 0 aliphatic heterocycles. The Kier molecular flexibility index (Phi) is 6.30. The molecule has 2 heterocycles. The van der Waals surface area contributed by atoms with Gasteiger partial charge in [0.25, 0.3) is 5.88 Å². The monoisotopic (exact) mass is 437 g/mol. The SMILES string of the molecule is FC(F)(F)c1ccc(-c2cc(OCc3ccccc3)c(OCc3ccccc3)nn2)nc1. The smallest absolute Gasteiger partial charge is 0.417 e. The van der Waals surface area contributed by atoms with Crippen LogP contribution >= 0.6 is 0 Å². The van der Waals surface area contributed by atoms with Gasteiger partial charge in [0.05, 0.1) is 11.3 Å². The third kappa shape index (κ3) is 5.40. The molecule has 0 fully saturated rings. The number of pyridine rings is 1. The van der Waals surface area contributed by atoms with Gasteiger partial charge in [-0.25, -0.2) is 0 Å². The molecule has 4 rings (SSSR count). The van der Waals surface area contributed by atoms with Gasteiger partial charge in [-0.2, -0.15) is 13.2 Å². The molecule has 0 unspecified atom stereocenters. The normalized spacial score (nSPS) is 11.2. The van der Waals surface area contributed by atoms with E-state index in [9.17, 15) is 13.2 Å². The Morgan fingerprint density at radius 2 is 1.31 bits per heavy atom. The Balaban J connectivity index is 1.59. The number of nitrogens with zero attached hydrogens (tertiary/aromatic N) is 3. The highest BCUT2D eigenvalue weighted by Crippen LogP contribution is 2.32. The lowest BCUT2D eigenvalue weighted by Crippen LogP contribution is -2.06. The highest BCUT2D eigenvalue weighted by Gasteiger charge is 2.30. The van der Waals surface area contributed by atoms with E-state index in [4.69, 9.17) is 9.47 Å². The summed E-state index contributed by atoms with van der Waals surface area (Å²) in [6, 6.07) is 22.8. The van der Waals surface area contributed by atoms with Gasteiger partial charge in [0.1, 0.15) is 18.9 Å². The third-order valence-electron chi connectivity index (χ3n) is 4.54. The summed E-state index contributed by atoms with van der Waals surface area (Å²) < 4.78 is 50.2. The molecule has 0 saturated heterocycles. The molecule has 8 heteroatoms. The van der Waals surface area contributed by atoms with Crippen molar-refractivity contribution >= 4 is 0 Å². The summed E-state index contributed by atoms with van der Waals surface area (Å²) in [7, 11) is 0. The number of hydrogen-bond acceptors (Lipinski definition) is 5. The van der Waals surface area contributed by atoms with Gasteiger partial charge >= 0.3 is 6.18 Å². The molecule has 0 radical (unpaired) electrons. The second kappa shape index (κ2) is 9.47. The molecule has 2 aromatic carbocycles. The van der Waals surface area contributed by atoms with Crippen LogP contribution < -0.4 is 9.47 Å². The first-order chi connectivity index (χ1) is 15.5. The molecular formula is C24H18F3N3O2. The lowest BCUT2D eigenvalue weighted by atomic mass is 10.2. The van der Waals surface area contributed by atoms with Crippen LogP contribution in [0.5, 0.6) is 11.6 Å². The number of halogens is 3. The number of alkyl halides is 3. The van der Waals surface area contributed by atoms with Gasteiger partial charge < -0.3 is 9.47 Å². The van der Waals surface area contributed by atoms with Gasteiger partial charge in [-0.3, -0.25) is 4.98 Å². The Morgan fingerprint density at radius 1 is 0.688 bits per heavy atom.